The van der Waals surface area contributed by atoms with E-state index in [4.69, 9.17) is 0 Å². The Bertz CT molecular complexity index is 656. The summed E-state index contributed by atoms with van der Waals surface area (Å²) < 4.78 is 26.9. The number of halogens is 1. The molecule has 148 valence electrons. The van der Waals surface area contributed by atoms with Gasteiger partial charge in [0.15, 0.2) is 5.96 Å². The van der Waals surface area contributed by atoms with Gasteiger partial charge in [0.05, 0.1) is 11.4 Å². The summed E-state index contributed by atoms with van der Waals surface area (Å²) in [5.41, 5.74) is 0. The second-order valence-electron chi connectivity index (χ2n) is 5.98. The normalized spacial score (nSPS) is 20.5. The predicted octanol–water partition coefficient (Wildman–Crippen LogP) is 2.42. The van der Waals surface area contributed by atoms with E-state index in [-0.39, 0.29) is 35.4 Å². The van der Waals surface area contributed by atoms with Gasteiger partial charge < -0.3 is 10.6 Å². The van der Waals surface area contributed by atoms with Crippen LogP contribution in [0.25, 0.3) is 0 Å². The minimum atomic E-state index is -3.47. The Morgan fingerprint density at radius 1 is 1.27 bits per heavy atom. The quantitative estimate of drug-likeness (QED) is 0.216. The molecule has 2 unspecified atom stereocenters. The number of hydrogen-bond donors (Lipinski definition) is 3. The van der Waals surface area contributed by atoms with Crippen LogP contribution in [0, 0.1) is 0 Å². The zero-order valence-electron chi connectivity index (χ0n) is 15.3. The first kappa shape index (κ1) is 23.5. The van der Waals surface area contributed by atoms with Crippen molar-refractivity contribution in [2.45, 2.75) is 42.4 Å². The number of hydrogen-bond acceptors (Lipinski definition) is 4. The molecule has 0 spiro atoms. The molecule has 1 aromatic rings. The van der Waals surface area contributed by atoms with Gasteiger partial charge in [0.2, 0.25) is 10.0 Å². The third-order valence-electron chi connectivity index (χ3n) is 4.13. The van der Waals surface area contributed by atoms with E-state index in [1.165, 1.54) is 6.42 Å². The summed E-state index contributed by atoms with van der Waals surface area (Å²) in [5, 5.41) is 7.41. The van der Waals surface area contributed by atoms with Crippen LogP contribution in [0.1, 0.15) is 26.2 Å². The number of nitrogens with one attached hydrogen (secondary N) is 3. The summed E-state index contributed by atoms with van der Waals surface area (Å²) in [6.45, 7) is 3.46. The van der Waals surface area contributed by atoms with Gasteiger partial charge >= 0.3 is 0 Å². The monoisotopic (exact) mass is 512 g/mol. The SMILES string of the molecule is CCNC(=NCCNS(=O)(=O)c1ccccc1)NC1CCC(SC)C1.I. The van der Waals surface area contributed by atoms with Crippen LogP contribution in [0.3, 0.4) is 0 Å². The first-order valence-electron chi connectivity index (χ1n) is 8.67. The molecule has 1 saturated carbocycles. The molecule has 0 saturated heterocycles. The van der Waals surface area contributed by atoms with Gasteiger partial charge in [-0.1, -0.05) is 18.2 Å². The first-order valence-corrected chi connectivity index (χ1v) is 11.4. The topological polar surface area (TPSA) is 82.6 Å². The first-order chi connectivity index (χ1) is 12.0. The van der Waals surface area contributed by atoms with Crippen molar-refractivity contribution in [1.29, 1.82) is 0 Å². The third-order valence-corrected chi connectivity index (χ3v) is 6.70. The maximum atomic E-state index is 12.2. The highest BCUT2D eigenvalue weighted by Crippen LogP contribution is 2.27. The highest BCUT2D eigenvalue weighted by Gasteiger charge is 2.24. The van der Waals surface area contributed by atoms with Crippen molar-refractivity contribution in [3.8, 4) is 0 Å². The van der Waals surface area contributed by atoms with Crippen molar-refractivity contribution in [2.24, 2.45) is 4.99 Å². The van der Waals surface area contributed by atoms with Crippen LogP contribution >= 0.6 is 35.7 Å². The highest BCUT2D eigenvalue weighted by atomic mass is 127. The molecule has 0 amide bonds. The molecule has 3 N–H and O–H groups in total. The van der Waals surface area contributed by atoms with E-state index in [1.807, 2.05) is 18.7 Å². The standard InChI is InChI=1S/C17H28N4O2S2.HI/c1-3-18-17(21-14-9-10-15(13-14)24-2)19-11-12-20-25(22,23)16-7-5-4-6-8-16;/h4-8,14-15,20H,3,9-13H2,1-2H3,(H2,18,19,21);1H. The van der Waals surface area contributed by atoms with Crippen LogP contribution in [0.2, 0.25) is 0 Å². The molecule has 9 heteroatoms. The largest absolute Gasteiger partial charge is 0.357 e. The van der Waals surface area contributed by atoms with Crippen molar-refractivity contribution >= 4 is 51.7 Å². The molecule has 0 heterocycles. The average molecular weight is 512 g/mol. The fourth-order valence-corrected chi connectivity index (χ4v) is 4.67. The molecule has 26 heavy (non-hydrogen) atoms. The van der Waals surface area contributed by atoms with Crippen molar-refractivity contribution in [1.82, 2.24) is 15.4 Å². The summed E-state index contributed by atoms with van der Waals surface area (Å²) in [4.78, 5) is 4.76. The lowest BCUT2D eigenvalue weighted by Gasteiger charge is -2.17. The van der Waals surface area contributed by atoms with E-state index in [2.05, 4.69) is 26.6 Å². The molecule has 0 bridgehead atoms. The van der Waals surface area contributed by atoms with E-state index in [0.717, 1.165) is 30.6 Å². The third kappa shape index (κ3) is 7.61. The molecule has 0 radical (unpaired) electrons. The molecule has 2 atom stereocenters. The van der Waals surface area contributed by atoms with Crippen molar-refractivity contribution in [2.75, 3.05) is 25.9 Å². The van der Waals surface area contributed by atoms with E-state index in [9.17, 15) is 8.42 Å². The van der Waals surface area contributed by atoms with E-state index in [0.29, 0.717) is 12.6 Å². The minimum Gasteiger partial charge on any atom is -0.357 e. The Morgan fingerprint density at radius 3 is 2.62 bits per heavy atom. The van der Waals surface area contributed by atoms with Crippen LogP contribution in [0.15, 0.2) is 40.2 Å². The molecule has 1 aliphatic carbocycles. The van der Waals surface area contributed by atoms with Crippen LogP contribution < -0.4 is 15.4 Å². The summed E-state index contributed by atoms with van der Waals surface area (Å²) in [7, 11) is -3.47. The predicted molar refractivity (Wildman–Crippen MR) is 121 cm³/mol. The number of guanidine groups is 1. The lowest BCUT2D eigenvalue weighted by Crippen LogP contribution is -2.43. The van der Waals surface area contributed by atoms with Crippen molar-refractivity contribution in [3.05, 3.63) is 30.3 Å². The molecular formula is C17H29IN4O2S2. The summed E-state index contributed by atoms with van der Waals surface area (Å²) in [6.07, 6.45) is 5.68. The fourth-order valence-electron chi connectivity index (χ4n) is 2.83. The number of sulfonamides is 1. The lowest BCUT2D eigenvalue weighted by atomic mass is 10.2. The maximum Gasteiger partial charge on any atom is 0.240 e. The summed E-state index contributed by atoms with van der Waals surface area (Å²) in [5.74, 6) is 0.758. The van der Waals surface area contributed by atoms with Gasteiger partial charge in [0.25, 0.3) is 0 Å². The molecule has 1 fully saturated rings. The van der Waals surface area contributed by atoms with Crippen molar-refractivity contribution in [3.63, 3.8) is 0 Å². The maximum absolute atomic E-state index is 12.2. The van der Waals surface area contributed by atoms with Gasteiger partial charge in [-0.05, 0) is 44.6 Å². The number of aliphatic imine (C=N–C) groups is 1. The van der Waals surface area contributed by atoms with Crippen molar-refractivity contribution < 1.29 is 8.42 Å². The lowest BCUT2D eigenvalue weighted by molar-refractivity contribution is 0.581. The molecule has 1 aromatic carbocycles. The van der Waals surface area contributed by atoms with Crippen LogP contribution in [0.5, 0.6) is 0 Å². The zero-order valence-corrected chi connectivity index (χ0v) is 19.2. The van der Waals surface area contributed by atoms with E-state index < -0.39 is 10.0 Å². The molecule has 0 aliphatic heterocycles. The molecule has 0 aromatic heterocycles. The van der Waals surface area contributed by atoms with Gasteiger partial charge in [-0.25, -0.2) is 13.1 Å². The smallest absolute Gasteiger partial charge is 0.240 e. The zero-order chi connectivity index (χ0) is 18.1. The van der Waals surface area contributed by atoms with Crippen LogP contribution in [-0.4, -0.2) is 51.6 Å². The van der Waals surface area contributed by atoms with E-state index in [1.54, 1.807) is 30.3 Å². The van der Waals surface area contributed by atoms with Gasteiger partial charge in [-0.2, -0.15) is 11.8 Å². The van der Waals surface area contributed by atoms with Gasteiger partial charge in [0.1, 0.15) is 0 Å². The highest BCUT2D eigenvalue weighted by molar-refractivity contribution is 14.0. The van der Waals surface area contributed by atoms with Gasteiger partial charge in [-0.15, -0.1) is 24.0 Å². The number of rotatable bonds is 8. The number of nitrogens with zero attached hydrogens (tertiary/aromatic N) is 1. The average Bonchev–Trinajstić information content (AvgIpc) is 3.07. The van der Waals surface area contributed by atoms with Crippen LogP contribution in [0.4, 0.5) is 0 Å². The molecule has 6 nitrogen and oxygen atoms in total. The summed E-state index contributed by atoms with van der Waals surface area (Å²) in [6, 6.07) is 8.82. The molecule has 1 aliphatic rings. The van der Waals surface area contributed by atoms with E-state index >= 15 is 0 Å². The Morgan fingerprint density at radius 2 is 2.00 bits per heavy atom. The number of thioether (sulfide) groups is 1. The number of benzene rings is 1. The van der Waals surface area contributed by atoms with Crippen LogP contribution in [-0.2, 0) is 10.0 Å². The Labute approximate surface area is 178 Å². The van der Waals surface area contributed by atoms with Gasteiger partial charge in [-0.3, -0.25) is 4.99 Å². The summed E-state index contributed by atoms with van der Waals surface area (Å²) >= 11 is 1.92. The molecular weight excluding hydrogens is 483 g/mol. The Kier molecular flexibility index (Phi) is 10.9. The van der Waals surface area contributed by atoms with Gasteiger partial charge in [0, 0.05) is 24.4 Å². The molecule has 2 rings (SSSR count). The fraction of sp³-hybridized carbons (Fsp3) is 0.588. The second kappa shape index (κ2) is 12.0. The second-order valence-corrected chi connectivity index (χ2v) is 8.89. The Balaban J connectivity index is 0.00000338. The Hall–Kier alpha value is -0.520. The minimum absolute atomic E-state index is 0.